The smallest absolute Gasteiger partial charge is 0.239 e. The molecule has 2 N–H and O–H groups in total. The van der Waals surface area contributed by atoms with Crippen LogP contribution in [0.5, 0.6) is 0 Å². The first-order chi connectivity index (χ1) is 9.01. The summed E-state index contributed by atoms with van der Waals surface area (Å²) in [7, 11) is 3.03. The maximum Gasteiger partial charge on any atom is 0.239 e. The van der Waals surface area contributed by atoms with E-state index in [0.717, 1.165) is 18.9 Å². The van der Waals surface area contributed by atoms with E-state index in [1.807, 2.05) is 0 Å². The molecule has 0 unspecified atom stereocenters. The Morgan fingerprint density at radius 3 is 2.74 bits per heavy atom. The molecule has 1 heterocycles. The Kier molecular flexibility index (Phi) is 3.82. The number of halogens is 2. The van der Waals surface area contributed by atoms with Crippen molar-refractivity contribution in [2.75, 3.05) is 30.9 Å². The van der Waals surface area contributed by atoms with E-state index in [-0.39, 0.29) is 30.1 Å². The van der Waals surface area contributed by atoms with Crippen LogP contribution in [0.1, 0.15) is 12.8 Å². The molecule has 0 aromatic carbocycles. The van der Waals surface area contributed by atoms with Crippen LogP contribution in [0.25, 0.3) is 0 Å². The van der Waals surface area contributed by atoms with Crippen molar-refractivity contribution in [3.63, 3.8) is 0 Å². The number of likely N-dealkylation sites (N-methyl/N-ethyl adjacent to an activating group) is 1. The second-order valence-electron chi connectivity index (χ2n) is 4.57. The van der Waals surface area contributed by atoms with Gasteiger partial charge in [0.2, 0.25) is 5.91 Å². The molecule has 2 rings (SSSR count). The summed E-state index contributed by atoms with van der Waals surface area (Å²) >= 11 is 0. The number of rotatable bonds is 5. The van der Waals surface area contributed by atoms with Gasteiger partial charge in [-0.3, -0.25) is 4.79 Å². The van der Waals surface area contributed by atoms with Gasteiger partial charge in [-0.1, -0.05) is 0 Å². The van der Waals surface area contributed by atoms with Gasteiger partial charge in [-0.25, -0.2) is 13.8 Å². The summed E-state index contributed by atoms with van der Waals surface area (Å²) in [6.07, 6.45) is 1.98. The molecule has 104 valence electrons. The minimum absolute atomic E-state index is 0.0186. The van der Waals surface area contributed by atoms with Gasteiger partial charge < -0.3 is 15.5 Å². The van der Waals surface area contributed by atoms with Crippen LogP contribution in [-0.2, 0) is 4.79 Å². The molecule has 5 nitrogen and oxygen atoms in total. The van der Waals surface area contributed by atoms with Crippen molar-refractivity contribution in [2.24, 2.45) is 0 Å². The van der Waals surface area contributed by atoms with Crippen molar-refractivity contribution >= 4 is 17.5 Å². The zero-order chi connectivity index (χ0) is 14.0. The summed E-state index contributed by atoms with van der Waals surface area (Å²) in [6.45, 7) is -0.0186. The highest BCUT2D eigenvalue weighted by molar-refractivity contribution is 5.81. The molecule has 19 heavy (non-hydrogen) atoms. The van der Waals surface area contributed by atoms with Crippen LogP contribution < -0.4 is 15.5 Å². The highest BCUT2D eigenvalue weighted by atomic mass is 19.1. The molecule has 1 fully saturated rings. The van der Waals surface area contributed by atoms with Gasteiger partial charge in [-0.2, -0.15) is 0 Å². The number of hydrogen-bond acceptors (Lipinski definition) is 4. The number of nitrogens with zero attached hydrogens (tertiary/aromatic N) is 2. The number of hydrogen-bond donors (Lipinski definition) is 2. The molecule has 1 aliphatic carbocycles. The summed E-state index contributed by atoms with van der Waals surface area (Å²) in [5.41, 5.74) is 0. The Hall–Kier alpha value is -1.92. The van der Waals surface area contributed by atoms with Crippen LogP contribution in [0.3, 0.4) is 0 Å². The predicted molar refractivity (Wildman–Crippen MR) is 68.1 cm³/mol. The van der Waals surface area contributed by atoms with Crippen LogP contribution in [0.4, 0.5) is 20.4 Å². The van der Waals surface area contributed by atoms with Gasteiger partial charge in [0, 0.05) is 26.2 Å². The zero-order valence-corrected chi connectivity index (χ0v) is 10.8. The van der Waals surface area contributed by atoms with Crippen molar-refractivity contribution in [3.8, 4) is 0 Å². The fraction of sp³-hybridized carbons (Fsp3) is 0.500. The number of anilines is 2. The van der Waals surface area contributed by atoms with Gasteiger partial charge in [-0.15, -0.1) is 0 Å². The molecule has 1 aromatic heterocycles. The second-order valence-corrected chi connectivity index (χ2v) is 4.57. The van der Waals surface area contributed by atoms with E-state index in [1.165, 1.54) is 19.0 Å². The van der Waals surface area contributed by atoms with Crippen molar-refractivity contribution in [1.29, 1.82) is 0 Å². The number of amides is 1. The SMILES string of the molecule is CNc1nc(N(C)CC(=O)NC2CC2)c(F)cc1F. The van der Waals surface area contributed by atoms with Crippen LogP contribution in [0.2, 0.25) is 0 Å². The largest absolute Gasteiger partial charge is 0.371 e. The molecule has 1 amide bonds. The normalized spacial score (nSPS) is 14.1. The maximum absolute atomic E-state index is 13.6. The molecule has 0 bridgehead atoms. The third-order valence-electron chi connectivity index (χ3n) is 2.83. The number of aromatic nitrogens is 1. The average Bonchev–Trinajstić information content (AvgIpc) is 3.12. The number of carbonyl (C=O) groups excluding carboxylic acids is 1. The highest BCUT2D eigenvalue weighted by Gasteiger charge is 2.24. The minimum atomic E-state index is -0.793. The van der Waals surface area contributed by atoms with Gasteiger partial charge in [-0.05, 0) is 12.8 Å². The Labute approximate surface area is 110 Å². The van der Waals surface area contributed by atoms with E-state index in [9.17, 15) is 13.6 Å². The third-order valence-corrected chi connectivity index (χ3v) is 2.83. The van der Waals surface area contributed by atoms with Crippen LogP contribution in [0, 0.1) is 11.6 Å². The number of carbonyl (C=O) groups is 1. The van der Waals surface area contributed by atoms with Crippen molar-refractivity contribution in [3.05, 3.63) is 17.7 Å². The second kappa shape index (κ2) is 5.38. The van der Waals surface area contributed by atoms with Crippen LogP contribution in [-0.4, -0.2) is 37.6 Å². The summed E-state index contributed by atoms with van der Waals surface area (Å²) < 4.78 is 26.9. The molecule has 1 aliphatic rings. The van der Waals surface area contributed by atoms with Gasteiger partial charge in [0.1, 0.15) is 0 Å². The lowest BCUT2D eigenvalue weighted by atomic mass is 10.3. The van der Waals surface area contributed by atoms with Gasteiger partial charge in [0.25, 0.3) is 0 Å². The van der Waals surface area contributed by atoms with Crippen LogP contribution in [0.15, 0.2) is 6.07 Å². The zero-order valence-electron chi connectivity index (χ0n) is 10.8. The first kappa shape index (κ1) is 13.5. The molecule has 1 aromatic rings. The molecular formula is C12H16F2N4O. The van der Waals surface area contributed by atoms with Crippen molar-refractivity contribution in [2.45, 2.75) is 18.9 Å². The first-order valence-electron chi connectivity index (χ1n) is 6.05. The lowest BCUT2D eigenvalue weighted by molar-refractivity contribution is -0.119. The van der Waals surface area contributed by atoms with Gasteiger partial charge in [0.05, 0.1) is 6.54 Å². The Morgan fingerprint density at radius 2 is 2.16 bits per heavy atom. The average molecular weight is 270 g/mol. The van der Waals surface area contributed by atoms with Gasteiger partial charge in [0.15, 0.2) is 23.3 Å². The highest BCUT2D eigenvalue weighted by Crippen LogP contribution is 2.21. The van der Waals surface area contributed by atoms with E-state index in [0.29, 0.717) is 0 Å². The predicted octanol–water partition coefficient (Wildman–Crippen LogP) is 1.12. The fourth-order valence-electron chi connectivity index (χ4n) is 1.69. The van der Waals surface area contributed by atoms with Crippen LogP contribution >= 0.6 is 0 Å². The number of pyridine rings is 1. The summed E-state index contributed by atoms with van der Waals surface area (Å²) in [5, 5.41) is 5.33. The Balaban J connectivity index is 2.08. The monoisotopic (exact) mass is 270 g/mol. The number of nitrogens with one attached hydrogen (secondary N) is 2. The van der Waals surface area contributed by atoms with E-state index in [1.54, 1.807) is 0 Å². The van der Waals surface area contributed by atoms with Gasteiger partial charge >= 0.3 is 0 Å². The molecule has 0 atom stereocenters. The molecular weight excluding hydrogens is 254 g/mol. The van der Waals surface area contributed by atoms with E-state index < -0.39 is 11.6 Å². The van der Waals surface area contributed by atoms with Crippen molar-refractivity contribution < 1.29 is 13.6 Å². The van der Waals surface area contributed by atoms with E-state index in [2.05, 4.69) is 15.6 Å². The molecule has 0 radical (unpaired) electrons. The molecule has 7 heteroatoms. The lowest BCUT2D eigenvalue weighted by Crippen LogP contribution is -2.37. The molecule has 1 saturated carbocycles. The molecule has 0 saturated heterocycles. The standard InChI is InChI=1S/C12H16F2N4O/c1-15-11-8(13)5-9(14)12(17-11)18(2)6-10(19)16-7-3-4-7/h5,7H,3-4,6H2,1-2H3,(H,15,17)(H,16,19). The van der Waals surface area contributed by atoms with Crippen molar-refractivity contribution in [1.82, 2.24) is 10.3 Å². The quantitative estimate of drug-likeness (QED) is 0.841. The fourth-order valence-corrected chi connectivity index (χ4v) is 1.69. The third kappa shape index (κ3) is 3.30. The molecule has 0 aliphatic heterocycles. The lowest BCUT2D eigenvalue weighted by Gasteiger charge is -2.19. The Bertz CT molecular complexity index is 491. The van der Waals surface area contributed by atoms with E-state index >= 15 is 0 Å². The Morgan fingerprint density at radius 1 is 1.47 bits per heavy atom. The topological polar surface area (TPSA) is 57.3 Å². The molecule has 0 spiro atoms. The van der Waals surface area contributed by atoms with E-state index in [4.69, 9.17) is 0 Å². The maximum atomic E-state index is 13.6. The minimum Gasteiger partial charge on any atom is -0.371 e. The summed E-state index contributed by atoms with van der Waals surface area (Å²) in [4.78, 5) is 16.8. The summed E-state index contributed by atoms with van der Waals surface area (Å²) in [5.74, 6) is -1.86. The first-order valence-corrected chi connectivity index (χ1v) is 6.05. The summed E-state index contributed by atoms with van der Waals surface area (Å²) in [6, 6.07) is 1.00.